The molecule has 4 aromatic rings. The van der Waals surface area contributed by atoms with Crippen LogP contribution in [0.15, 0.2) is 76.2 Å². The quantitative estimate of drug-likeness (QED) is 0.301. The number of furan rings is 1. The number of anilines is 1. The third-order valence-electron chi connectivity index (χ3n) is 3.52. The molecule has 0 spiro atoms. The van der Waals surface area contributed by atoms with E-state index in [2.05, 4.69) is 20.8 Å². The highest BCUT2D eigenvalue weighted by atomic mass is 32.1. The van der Waals surface area contributed by atoms with Crippen molar-refractivity contribution < 1.29 is 4.42 Å². The van der Waals surface area contributed by atoms with Gasteiger partial charge in [-0.1, -0.05) is 30.3 Å². The van der Waals surface area contributed by atoms with Gasteiger partial charge in [0.05, 0.1) is 16.4 Å². The lowest BCUT2D eigenvalue weighted by Gasteiger charge is -2.05. The topological polar surface area (TPSA) is 62.5 Å². The summed E-state index contributed by atoms with van der Waals surface area (Å²) in [6, 6.07) is 21.4. The number of fused-ring (bicyclic) bond motifs is 1. The van der Waals surface area contributed by atoms with Gasteiger partial charge >= 0.3 is 0 Å². The Kier molecular flexibility index (Phi) is 4.72. The van der Waals surface area contributed by atoms with E-state index in [0.717, 1.165) is 26.7 Å². The molecule has 0 amide bonds. The molecule has 0 saturated carbocycles. The largest absolute Gasteiger partial charge is 0.453 e. The maximum absolute atomic E-state index is 5.79. The summed E-state index contributed by atoms with van der Waals surface area (Å²) >= 11 is 6.79. The van der Waals surface area contributed by atoms with Gasteiger partial charge in [-0.25, -0.2) is 4.98 Å². The molecule has 0 unspecified atom stereocenters. The monoisotopic (exact) mass is 378 g/mol. The zero-order chi connectivity index (χ0) is 17.8. The van der Waals surface area contributed by atoms with Gasteiger partial charge in [-0.15, -0.1) is 11.3 Å². The summed E-state index contributed by atoms with van der Waals surface area (Å²) in [4.78, 5) is 4.59. The van der Waals surface area contributed by atoms with Crippen LogP contribution in [0.2, 0.25) is 0 Å². The summed E-state index contributed by atoms with van der Waals surface area (Å²) in [6.45, 7) is 0. The molecule has 4 rings (SSSR count). The number of rotatable bonds is 4. The van der Waals surface area contributed by atoms with Crippen LogP contribution < -0.4 is 10.7 Å². The fourth-order valence-electron chi connectivity index (χ4n) is 2.35. The van der Waals surface area contributed by atoms with Crippen molar-refractivity contribution in [3.8, 4) is 10.8 Å². The molecule has 26 heavy (non-hydrogen) atoms. The van der Waals surface area contributed by atoms with Crippen LogP contribution in [0.5, 0.6) is 0 Å². The molecule has 0 aliphatic carbocycles. The summed E-state index contributed by atoms with van der Waals surface area (Å²) in [5, 5.41) is 8.39. The molecule has 0 bridgehead atoms. The molecule has 128 valence electrons. The number of nitrogens with one attached hydrogen (secondary N) is 2. The highest BCUT2D eigenvalue weighted by Crippen LogP contribution is 2.30. The lowest BCUT2D eigenvalue weighted by molar-refractivity contribution is 0.574. The molecule has 0 saturated heterocycles. The number of para-hydroxylation sites is 2. The molecule has 2 aromatic carbocycles. The van der Waals surface area contributed by atoms with Gasteiger partial charge in [0.25, 0.3) is 0 Å². The average molecular weight is 378 g/mol. The van der Waals surface area contributed by atoms with Crippen molar-refractivity contribution in [2.75, 3.05) is 5.32 Å². The van der Waals surface area contributed by atoms with Crippen molar-refractivity contribution in [1.82, 2.24) is 10.4 Å². The number of thiazole rings is 1. The fraction of sp³-hybridized carbons (Fsp3) is 0. The second-order valence-corrected chi connectivity index (χ2v) is 6.82. The maximum atomic E-state index is 5.79. The molecule has 5 nitrogen and oxygen atoms in total. The summed E-state index contributed by atoms with van der Waals surface area (Å²) in [5.74, 6) is 1.34. The van der Waals surface area contributed by atoms with Gasteiger partial charge in [0.2, 0.25) is 0 Å². The fourth-order valence-corrected chi connectivity index (χ4v) is 3.45. The lowest BCUT2D eigenvalue weighted by atomic mass is 10.3. The van der Waals surface area contributed by atoms with Gasteiger partial charge in [-0.2, -0.15) is 5.10 Å². The molecule has 2 aromatic heterocycles. The second-order valence-electron chi connectivity index (χ2n) is 5.38. The Morgan fingerprint density at radius 3 is 2.69 bits per heavy atom. The van der Waals surface area contributed by atoms with Crippen LogP contribution in [0.25, 0.3) is 21.0 Å². The molecule has 7 heteroatoms. The van der Waals surface area contributed by atoms with Crippen LogP contribution in [-0.4, -0.2) is 16.3 Å². The number of nitrogens with zero attached hydrogens (tertiary/aromatic N) is 2. The highest BCUT2D eigenvalue weighted by molar-refractivity contribution is 7.80. The van der Waals surface area contributed by atoms with E-state index in [1.54, 1.807) is 17.6 Å². The molecule has 2 N–H and O–H groups in total. The van der Waals surface area contributed by atoms with E-state index in [1.807, 2.05) is 66.7 Å². The molecular formula is C19H14N4OS2. The lowest BCUT2D eigenvalue weighted by Crippen LogP contribution is -2.23. The van der Waals surface area contributed by atoms with Gasteiger partial charge in [0.15, 0.2) is 15.9 Å². The van der Waals surface area contributed by atoms with Crippen molar-refractivity contribution in [2.24, 2.45) is 5.10 Å². The van der Waals surface area contributed by atoms with Crippen LogP contribution in [0.4, 0.5) is 5.69 Å². The first-order valence-electron chi connectivity index (χ1n) is 7.89. The van der Waals surface area contributed by atoms with Crippen LogP contribution in [0.1, 0.15) is 5.76 Å². The predicted molar refractivity (Wildman–Crippen MR) is 111 cm³/mol. The molecule has 0 atom stereocenters. The van der Waals surface area contributed by atoms with Crippen LogP contribution >= 0.6 is 23.6 Å². The van der Waals surface area contributed by atoms with Crippen molar-refractivity contribution in [3.63, 3.8) is 0 Å². The maximum Gasteiger partial charge on any atom is 0.191 e. The van der Waals surface area contributed by atoms with Crippen LogP contribution in [0, 0.1) is 0 Å². The Labute approximate surface area is 159 Å². The normalized spacial score (nSPS) is 11.1. The number of hydrogen-bond acceptors (Lipinski definition) is 5. The zero-order valence-corrected chi connectivity index (χ0v) is 15.2. The molecule has 0 aliphatic heterocycles. The Balaban J connectivity index is 1.40. The third-order valence-corrected chi connectivity index (χ3v) is 4.77. The first-order chi connectivity index (χ1) is 12.8. The van der Waals surface area contributed by atoms with E-state index in [0.29, 0.717) is 10.9 Å². The van der Waals surface area contributed by atoms with Crippen molar-refractivity contribution >= 4 is 50.8 Å². The first kappa shape index (κ1) is 16.4. The van der Waals surface area contributed by atoms with Crippen molar-refractivity contribution in [2.45, 2.75) is 0 Å². The number of hydrazone groups is 1. The van der Waals surface area contributed by atoms with E-state index in [1.165, 1.54) is 0 Å². The summed E-state index contributed by atoms with van der Waals surface area (Å²) < 4.78 is 6.93. The Bertz CT molecular complexity index is 1040. The van der Waals surface area contributed by atoms with Crippen LogP contribution in [-0.2, 0) is 0 Å². The van der Waals surface area contributed by atoms with E-state index < -0.39 is 0 Å². The van der Waals surface area contributed by atoms with Gasteiger partial charge < -0.3 is 9.73 Å². The van der Waals surface area contributed by atoms with E-state index in [9.17, 15) is 0 Å². The van der Waals surface area contributed by atoms with Gasteiger partial charge in [-0.05, 0) is 48.6 Å². The smallest absolute Gasteiger partial charge is 0.191 e. The first-order valence-corrected chi connectivity index (χ1v) is 9.11. The predicted octanol–water partition coefficient (Wildman–Crippen LogP) is 4.88. The Morgan fingerprint density at radius 2 is 1.85 bits per heavy atom. The standard InChI is InChI=1S/C19H14N4OS2/c25-19(21-13-6-2-1-3-7-13)23-20-12-14-10-11-16(24-14)18-22-15-8-4-5-9-17(15)26-18/h1-12H,(H2,21,23,25)/b20-12+. The van der Waals surface area contributed by atoms with Crippen LogP contribution in [0.3, 0.4) is 0 Å². The number of hydrogen-bond donors (Lipinski definition) is 2. The number of thiocarbonyl (C=S) groups is 1. The van der Waals surface area contributed by atoms with E-state index in [4.69, 9.17) is 16.6 Å². The number of aromatic nitrogens is 1. The number of benzene rings is 2. The van der Waals surface area contributed by atoms with Gasteiger partial charge in [0.1, 0.15) is 5.76 Å². The highest BCUT2D eigenvalue weighted by Gasteiger charge is 2.09. The average Bonchev–Trinajstić information content (AvgIpc) is 3.29. The molecule has 0 fully saturated rings. The van der Waals surface area contributed by atoms with Crippen molar-refractivity contribution in [3.05, 3.63) is 72.5 Å². The van der Waals surface area contributed by atoms with E-state index >= 15 is 0 Å². The van der Waals surface area contributed by atoms with Gasteiger partial charge in [-0.3, -0.25) is 5.43 Å². The minimum absolute atomic E-state index is 0.408. The Morgan fingerprint density at radius 1 is 1.04 bits per heavy atom. The molecule has 2 heterocycles. The SMILES string of the molecule is S=C(N/N=C/c1ccc(-c2nc3ccccc3s2)o1)Nc1ccccc1. The van der Waals surface area contributed by atoms with Crippen molar-refractivity contribution in [1.29, 1.82) is 0 Å². The summed E-state index contributed by atoms with van der Waals surface area (Å²) in [7, 11) is 0. The Hall–Kier alpha value is -3.03. The molecule has 0 radical (unpaired) electrons. The summed E-state index contributed by atoms with van der Waals surface area (Å²) in [5.41, 5.74) is 4.64. The molecule has 0 aliphatic rings. The van der Waals surface area contributed by atoms with Gasteiger partial charge in [0, 0.05) is 5.69 Å². The minimum atomic E-state index is 0.408. The summed E-state index contributed by atoms with van der Waals surface area (Å²) in [6.07, 6.45) is 1.58. The third kappa shape index (κ3) is 3.79. The second kappa shape index (κ2) is 7.47. The zero-order valence-electron chi connectivity index (χ0n) is 13.5. The molecular weight excluding hydrogens is 364 g/mol. The van der Waals surface area contributed by atoms with E-state index in [-0.39, 0.29) is 0 Å². The minimum Gasteiger partial charge on any atom is -0.453 e.